The molecule has 0 spiro atoms. The number of amides is 2. The largest absolute Gasteiger partial charge is 0.345 e. The fraction of sp³-hybridized carbons (Fsp3) is 0.217. The van der Waals surface area contributed by atoms with Crippen LogP contribution in [0.5, 0.6) is 0 Å². The molecular weight excluding hydrogens is 336 g/mol. The minimum Gasteiger partial charge on any atom is -0.345 e. The SMILES string of the molecule is CC(NC(=O)c1cccc2ccccc12)c1ccc(NC(=O)C2CC2)cc1. The van der Waals surface area contributed by atoms with Crippen molar-refractivity contribution in [1.29, 1.82) is 0 Å². The normalized spacial score (nSPS) is 14.6. The van der Waals surface area contributed by atoms with Crippen molar-refractivity contribution < 1.29 is 9.59 Å². The standard InChI is InChI=1S/C23H22N2O2/c1-15(16-11-13-19(14-12-16)25-22(26)18-9-10-18)24-23(27)21-8-4-6-17-5-2-3-7-20(17)21/h2-8,11-15,18H,9-10H2,1H3,(H,24,27)(H,25,26). The first kappa shape index (κ1) is 17.3. The summed E-state index contributed by atoms with van der Waals surface area (Å²) >= 11 is 0. The van der Waals surface area contributed by atoms with Crippen LogP contribution in [0.3, 0.4) is 0 Å². The number of anilines is 1. The summed E-state index contributed by atoms with van der Waals surface area (Å²) in [5, 5.41) is 7.99. The van der Waals surface area contributed by atoms with Gasteiger partial charge in [-0.15, -0.1) is 0 Å². The van der Waals surface area contributed by atoms with Crippen LogP contribution in [0.2, 0.25) is 0 Å². The van der Waals surface area contributed by atoms with Crippen LogP contribution in [-0.2, 0) is 4.79 Å². The van der Waals surface area contributed by atoms with Gasteiger partial charge in [-0.05, 0) is 54.3 Å². The highest BCUT2D eigenvalue weighted by Crippen LogP contribution is 2.30. The van der Waals surface area contributed by atoms with Gasteiger partial charge in [0.15, 0.2) is 0 Å². The Morgan fingerprint density at radius 1 is 0.926 bits per heavy atom. The molecule has 3 aromatic carbocycles. The highest BCUT2D eigenvalue weighted by Gasteiger charge is 2.29. The van der Waals surface area contributed by atoms with Gasteiger partial charge in [0.25, 0.3) is 5.91 Å². The third kappa shape index (κ3) is 3.85. The van der Waals surface area contributed by atoms with Crippen LogP contribution in [0.1, 0.15) is 41.7 Å². The molecule has 3 aromatic rings. The van der Waals surface area contributed by atoms with Crippen molar-refractivity contribution in [1.82, 2.24) is 5.32 Å². The second-order valence-electron chi connectivity index (χ2n) is 7.11. The molecule has 1 saturated carbocycles. The molecule has 4 nitrogen and oxygen atoms in total. The number of rotatable bonds is 5. The number of carbonyl (C=O) groups excluding carboxylic acids is 2. The third-order valence-corrected chi connectivity index (χ3v) is 5.01. The monoisotopic (exact) mass is 358 g/mol. The second kappa shape index (κ2) is 7.23. The van der Waals surface area contributed by atoms with Crippen LogP contribution in [0.25, 0.3) is 10.8 Å². The highest BCUT2D eigenvalue weighted by molar-refractivity contribution is 6.07. The molecule has 27 heavy (non-hydrogen) atoms. The number of hydrogen-bond acceptors (Lipinski definition) is 2. The summed E-state index contributed by atoms with van der Waals surface area (Å²) in [5.74, 6) is 0.189. The fourth-order valence-electron chi connectivity index (χ4n) is 3.23. The fourth-order valence-corrected chi connectivity index (χ4v) is 3.23. The molecule has 1 aliphatic rings. The van der Waals surface area contributed by atoms with Gasteiger partial charge in [-0.3, -0.25) is 9.59 Å². The molecular formula is C23H22N2O2. The van der Waals surface area contributed by atoms with Crippen molar-refractivity contribution in [2.24, 2.45) is 5.92 Å². The van der Waals surface area contributed by atoms with E-state index in [1.165, 1.54) is 0 Å². The minimum absolute atomic E-state index is 0.0922. The molecule has 0 radical (unpaired) electrons. The summed E-state index contributed by atoms with van der Waals surface area (Å²) in [5.41, 5.74) is 2.46. The van der Waals surface area contributed by atoms with E-state index < -0.39 is 0 Å². The van der Waals surface area contributed by atoms with Crippen LogP contribution in [0.15, 0.2) is 66.7 Å². The molecule has 0 bridgehead atoms. The summed E-state index contributed by atoms with van der Waals surface area (Å²) in [4.78, 5) is 24.6. The topological polar surface area (TPSA) is 58.2 Å². The molecule has 1 unspecified atom stereocenters. The number of nitrogens with one attached hydrogen (secondary N) is 2. The Morgan fingerprint density at radius 3 is 2.37 bits per heavy atom. The Morgan fingerprint density at radius 2 is 1.63 bits per heavy atom. The quantitative estimate of drug-likeness (QED) is 0.696. The van der Waals surface area contributed by atoms with E-state index in [-0.39, 0.29) is 23.8 Å². The zero-order chi connectivity index (χ0) is 18.8. The van der Waals surface area contributed by atoms with E-state index in [0.29, 0.717) is 5.56 Å². The van der Waals surface area contributed by atoms with Gasteiger partial charge >= 0.3 is 0 Å². The minimum atomic E-state index is -0.135. The van der Waals surface area contributed by atoms with Crippen molar-refractivity contribution in [3.63, 3.8) is 0 Å². The summed E-state index contributed by atoms with van der Waals surface area (Å²) in [7, 11) is 0. The molecule has 0 aliphatic heterocycles. The first-order chi connectivity index (χ1) is 13.1. The van der Waals surface area contributed by atoms with E-state index in [9.17, 15) is 9.59 Å². The Kier molecular flexibility index (Phi) is 4.63. The van der Waals surface area contributed by atoms with Crippen molar-refractivity contribution in [2.45, 2.75) is 25.8 Å². The second-order valence-corrected chi connectivity index (χ2v) is 7.11. The van der Waals surface area contributed by atoms with Crippen LogP contribution >= 0.6 is 0 Å². The molecule has 2 N–H and O–H groups in total. The Balaban J connectivity index is 1.45. The Bertz CT molecular complexity index is 985. The predicted molar refractivity (Wildman–Crippen MR) is 108 cm³/mol. The molecule has 1 atom stereocenters. The molecule has 2 amide bonds. The number of fused-ring (bicyclic) bond motifs is 1. The van der Waals surface area contributed by atoms with Crippen molar-refractivity contribution in [3.05, 3.63) is 77.9 Å². The molecule has 136 valence electrons. The summed E-state index contributed by atoms with van der Waals surface area (Å²) < 4.78 is 0. The van der Waals surface area contributed by atoms with Gasteiger partial charge in [-0.25, -0.2) is 0 Å². The summed E-state index contributed by atoms with van der Waals surface area (Å²) in [6.07, 6.45) is 1.97. The lowest BCUT2D eigenvalue weighted by Crippen LogP contribution is -2.26. The van der Waals surface area contributed by atoms with Gasteiger partial charge in [0.1, 0.15) is 0 Å². The van der Waals surface area contributed by atoms with E-state index in [1.807, 2.05) is 73.7 Å². The number of benzene rings is 3. The van der Waals surface area contributed by atoms with Gasteiger partial charge in [-0.1, -0.05) is 48.5 Å². The van der Waals surface area contributed by atoms with Crippen molar-refractivity contribution in [2.75, 3.05) is 5.32 Å². The lowest BCUT2D eigenvalue weighted by atomic mass is 10.0. The highest BCUT2D eigenvalue weighted by atomic mass is 16.2. The molecule has 4 heteroatoms. The van der Waals surface area contributed by atoms with E-state index in [4.69, 9.17) is 0 Å². The first-order valence-corrected chi connectivity index (χ1v) is 9.31. The maximum absolute atomic E-state index is 12.8. The van der Waals surface area contributed by atoms with E-state index >= 15 is 0 Å². The maximum Gasteiger partial charge on any atom is 0.252 e. The number of hydrogen-bond donors (Lipinski definition) is 2. The van der Waals surface area contributed by atoms with Crippen molar-refractivity contribution in [3.8, 4) is 0 Å². The smallest absolute Gasteiger partial charge is 0.252 e. The molecule has 4 rings (SSSR count). The predicted octanol–water partition coefficient (Wildman–Crippen LogP) is 4.68. The van der Waals surface area contributed by atoms with Gasteiger partial charge in [0, 0.05) is 17.2 Å². The first-order valence-electron chi connectivity index (χ1n) is 9.31. The molecule has 0 saturated heterocycles. The van der Waals surface area contributed by atoms with Gasteiger partial charge in [0.05, 0.1) is 6.04 Å². The Hall–Kier alpha value is -3.14. The average molecular weight is 358 g/mol. The van der Waals surface area contributed by atoms with Crippen LogP contribution in [-0.4, -0.2) is 11.8 Å². The van der Waals surface area contributed by atoms with Crippen LogP contribution < -0.4 is 10.6 Å². The zero-order valence-corrected chi connectivity index (χ0v) is 15.2. The molecule has 1 fully saturated rings. The van der Waals surface area contributed by atoms with Crippen LogP contribution in [0.4, 0.5) is 5.69 Å². The van der Waals surface area contributed by atoms with Gasteiger partial charge in [0.2, 0.25) is 5.91 Å². The molecule has 0 aromatic heterocycles. The lowest BCUT2D eigenvalue weighted by molar-refractivity contribution is -0.117. The Labute approximate surface area is 158 Å². The van der Waals surface area contributed by atoms with Crippen molar-refractivity contribution >= 4 is 28.3 Å². The lowest BCUT2D eigenvalue weighted by Gasteiger charge is -2.16. The molecule has 1 aliphatic carbocycles. The average Bonchev–Trinajstić information content (AvgIpc) is 3.53. The summed E-state index contributed by atoms with van der Waals surface area (Å²) in [6, 6.07) is 21.2. The van der Waals surface area contributed by atoms with Gasteiger partial charge < -0.3 is 10.6 Å². The maximum atomic E-state index is 12.8. The number of carbonyl (C=O) groups is 2. The van der Waals surface area contributed by atoms with E-state index in [1.54, 1.807) is 0 Å². The van der Waals surface area contributed by atoms with Gasteiger partial charge in [-0.2, -0.15) is 0 Å². The third-order valence-electron chi connectivity index (χ3n) is 5.01. The van der Waals surface area contributed by atoms with E-state index in [0.717, 1.165) is 34.9 Å². The van der Waals surface area contributed by atoms with E-state index in [2.05, 4.69) is 10.6 Å². The summed E-state index contributed by atoms with van der Waals surface area (Å²) in [6.45, 7) is 1.96. The molecule has 0 heterocycles. The zero-order valence-electron chi connectivity index (χ0n) is 15.2. The van der Waals surface area contributed by atoms with Crippen LogP contribution in [0, 0.1) is 5.92 Å².